The highest BCUT2D eigenvalue weighted by atomic mass is 32.2. The molecule has 4 rings (SSSR count). The van der Waals surface area contributed by atoms with Crippen molar-refractivity contribution in [2.24, 2.45) is 0 Å². The summed E-state index contributed by atoms with van der Waals surface area (Å²) in [6.07, 6.45) is 4.50. The molecule has 1 aromatic carbocycles. The molecule has 0 aliphatic heterocycles. The number of pyridine rings is 1. The van der Waals surface area contributed by atoms with Gasteiger partial charge in [-0.2, -0.15) is 25.1 Å². The zero-order chi connectivity index (χ0) is 18.1. The molecule has 3 aromatic heterocycles. The quantitative estimate of drug-likeness (QED) is 0.600. The number of hydrogen-bond donors (Lipinski definition) is 1. The molecule has 0 bridgehead atoms. The first-order valence-corrected chi connectivity index (χ1v) is 8.30. The maximum atomic E-state index is 13.9. The van der Waals surface area contributed by atoms with Gasteiger partial charge in [-0.05, 0) is 18.2 Å². The monoisotopic (exact) mass is 360 g/mol. The Hall–Kier alpha value is -3.62. The molecule has 0 fully saturated rings. The lowest BCUT2D eigenvalue weighted by Crippen LogP contribution is -1.93. The van der Waals surface area contributed by atoms with Crippen LogP contribution in [0.1, 0.15) is 11.1 Å². The van der Waals surface area contributed by atoms with E-state index in [1.807, 2.05) is 12.1 Å². The van der Waals surface area contributed by atoms with Gasteiger partial charge in [0.25, 0.3) is 0 Å². The molecule has 4 aromatic rings. The number of fused-ring (bicyclic) bond motifs is 1. The summed E-state index contributed by atoms with van der Waals surface area (Å²) in [5.74, 6) is -0.551. The molecule has 124 valence electrons. The van der Waals surface area contributed by atoms with E-state index in [9.17, 15) is 14.9 Å². The molecule has 0 saturated heterocycles. The zero-order valence-electron chi connectivity index (χ0n) is 13.1. The molecule has 0 unspecified atom stereocenters. The van der Waals surface area contributed by atoms with Gasteiger partial charge in [0.2, 0.25) is 5.95 Å². The van der Waals surface area contributed by atoms with Gasteiger partial charge in [0.1, 0.15) is 12.1 Å². The highest BCUT2D eigenvalue weighted by Gasteiger charge is 2.16. The van der Waals surface area contributed by atoms with E-state index in [1.54, 1.807) is 24.4 Å². The zero-order valence-corrected chi connectivity index (χ0v) is 14.0. The number of H-pyrrole nitrogens is 1. The standard InChI is InChI=1S/C18H9FN6S/c19-18-14(9-22-24-18)12-5-16(17-13(7-21)8-23-25(17)10-12)26-15-4-2-1-3-11(15)6-20/h1-5,8-10H,(H,22,24). The van der Waals surface area contributed by atoms with Crippen LogP contribution in [0.2, 0.25) is 0 Å². The van der Waals surface area contributed by atoms with Gasteiger partial charge in [0.15, 0.2) is 0 Å². The van der Waals surface area contributed by atoms with E-state index in [0.717, 1.165) is 4.90 Å². The van der Waals surface area contributed by atoms with Crippen LogP contribution in [0.3, 0.4) is 0 Å². The van der Waals surface area contributed by atoms with Gasteiger partial charge in [0, 0.05) is 21.6 Å². The number of aromatic nitrogens is 4. The third-order valence-corrected chi connectivity index (χ3v) is 4.94. The second-order valence-corrected chi connectivity index (χ2v) is 6.45. The summed E-state index contributed by atoms with van der Waals surface area (Å²) in [5, 5.41) is 28.9. The number of nitrogens with zero attached hydrogens (tertiary/aromatic N) is 5. The minimum Gasteiger partial charge on any atom is -0.253 e. The van der Waals surface area contributed by atoms with Crippen molar-refractivity contribution >= 4 is 17.3 Å². The Morgan fingerprint density at radius 1 is 1.08 bits per heavy atom. The SMILES string of the molecule is N#Cc1ccccc1Sc1cc(-c2cn[nH]c2F)cn2ncc(C#N)c12. The Kier molecular flexibility index (Phi) is 3.88. The van der Waals surface area contributed by atoms with Gasteiger partial charge in [0.05, 0.1) is 34.6 Å². The van der Waals surface area contributed by atoms with Gasteiger partial charge in [-0.1, -0.05) is 23.9 Å². The number of halogens is 1. The Morgan fingerprint density at radius 2 is 1.88 bits per heavy atom. The molecular weight excluding hydrogens is 351 g/mol. The van der Waals surface area contributed by atoms with E-state index in [-0.39, 0.29) is 0 Å². The van der Waals surface area contributed by atoms with Crippen LogP contribution in [0.5, 0.6) is 0 Å². The maximum Gasteiger partial charge on any atom is 0.216 e. The van der Waals surface area contributed by atoms with Crippen LogP contribution in [0.15, 0.2) is 58.7 Å². The van der Waals surface area contributed by atoms with E-state index in [2.05, 4.69) is 27.4 Å². The molecule has 26 heavy (non-hydrogen) atoms. The van der Waals surface area contributed by atoms with Crippen molar-refractivity contribution in [1.29, 1.82) is 10.5 Å². The van der Waals surface area contributed by atoms with Crippen molar-refractivity contribution in [3.05, 3.63) is 66.0 Å². The summed E-state index contributed by atoms with van der Waals surface area (Å²) in [5.41, 5.74) is 2.40. The molecule has 0 aliphatic carbocycles. The fourth-order valence-electron chi connectivity index (χ4n) is 2.63. The van der Waals surface area contributed by atoms with Crippen molar-refractivity contribution in [3.63, 3.8) is 0 Å². The van der Waals surface area contributed by atoms with Crippen LogP contribution < -0.4 is 0 Å². The summed E-state index contributed by atoms with van der Waals surface area (Å²) >= 11 is 1.33. The topological polar surface area (TPSA) is 93.6 Å². The number of benzene rings is 1. The van der Waals surface area contributed by atoms with E-state index in [0.29, 0.717) is 32.7 Å². The first-order valence-electron chi connectivity index (χ1n) is 7.49. The van der Waals surface area contributed by atoms with E-state index >= 15 is 0 Å². The number of rotatable bonds is 3. The Balaban J connectivity index is 1.94. The lowest BCUT2D eigenvalue weighted by molar-refractivity contribution is 0.582. The lowest BCUT2D eigenvalue weighted by atomic mass is 10.1. The molecule has 8 heteroatoms. The fourth-order valence-corrected chi connectivity index (χ4v) is 3.72. The Morgan fingerprint density at radius 3 is 2.62 bits per heavy atom. The van der Waals surface area contributed by atoms with E-state index in [1.165, 1.54) is 28.7 Å². The molecular formula is C18H9FN6S. The molecule has 0 radical (unpaired) electrons. The Labute approximate surface area is 151 Å². The van der Waals surface area contributed by atoms with E-state index < -0.39 is 5.95 Å². The first-order chi connectivity index (χ1) is 12.7. The van der Waals surface area contributed by atoms with Gasteiger partial charge in [-0.15, -0.1) is 0 Å². The number of nitriles is 2. The van der Waals surface area contributed by atoms with Gasteiger partial charge >= 0.3 is 0 Å². The minimum absolute atomic E-state index is 0.302. The molecule has 0 aliphatic rings. The molecule has 1 N–H and O–H groups in total. The molecule has 6 nitrogen and oxygen atoms in total. The van der Waals surface area contributed by atoms with Gasteiger partial charge in [-0.25, -0.2) is 4.52 Å². The van der Waals surface area contributed by atoms with Crippen molar-refractivity contribution in [1.82, 2.24) is 19.8 Å². The number of aromatic amines is 1. The summed E-state index contributed by atoms with van der Waals surface area (Å²) in [6, 6.07) is 13.2. The van der Waals surface area contributed by atoms with Crippen LogP contribution in [-0.2, 0) is 0 Å². The van der Waals surface area contributed by atoms with Crippen LogP contribution in [-0.4, -0.2) is 19.8 Å². The average Bonchev–Trinajstić information content (AvgIpc) is 3.28. The Bertz CT molecular complexity index is 1210. The summed E-state index contributed by atoms with van der Waals surface area (Å²) in [7, 11) is 0. The lowest BCUT2D eigenvalue weighted by Gasteiger charge is -2.09. The summed E-state index contributed by atoms with van der Waals surface area (Å²) in [6.45, 7) is 0. The molecule has 3 heterocycles. The second kappa shape index (κ2) is 6.36. The fraction of sp³-hybridized carbons (Fsp3) is 0. The minimum atomic E-state index is -0.551. The third-order valence-electron chi connectivity index (χ3n) is 3.83. The smallest absolute Gasteiger partial charge is 0.216 e. The number of nitrogens with one attached hydrogen (secondary N) is 1. The van der Waals surface area contributed by atoms with Crippen molar-refractivity contribution < 1.29 is 4.39 Å². The van der Waals surface area contributed by atoms with E-state index in [4.69, 9.17) is 0 Å². The first kappa shape index (κ1) is 15.9. The molecule has 0 spiro atoms. The van der Waals surface area contributed by atoms with Crippen molar-refractivity contribution in [3.8, 4) is 23.3 Å². The van der Waals surface area contributed by atoms with Crippen molar-refractivity contribution in [2.75, 3.05) is 0 Å². The second-order valence-electron chi connectivity index (χ2n) is 5.36. The van der Waals surface area contributed by atoms with Crippen LogP contribution in [0, 0.1) is 28.6 Å². The van der Waals surface area contributed by atoms with Gasteiger partial charge in [-0.3, -0.25) is 5.10 Å². The molecule has 0 amide bonds. The predicted octanol–water partition coefficient (Wildman–Crippen LogP) is 3.76. The van der Waals surface area contributed by atoms with Crippen LogP contribution in [0.25, 0.3) is 16.6 Å². The normalized spacial score (nSPS) is 10.6. The van der Waals surface area contributed by atoms with Crippen LogP contribution >= 0.6 is 11.8 Å². The van der Waals surface area contributed by atoms with Crippen LogP contribution in [0.4, 0.5) is 4.39 Å². The third kappa shape index (κ3) is 2.59. The highest BCUT2D eigenvalue weighted by Crippen LogP contribution is 2.37. The summed E-state index contributed by atoms with van der Waals surface area (Å²) < 4.78 is 15.5. The highest BCUT2D eigenvalue weighted by molar-refractivity contribution is 7.99. The largest absolute Gasteiger partial charge is 0.253 e. The summed E-state index contributed by atoms with van der Waals surface area (Å²) in [4.78, 5) is 1.44. The van der Waals surface area contributed by atoms with Crippen molar-refractivity contribution in [2.45, 2.75) is 9.79 Å². The van der Waals surface area contributed by atoms with Gasteiger partial charge < -0.3 is 0 Å². The number of hydrogen-bond acceptors (Lipinski definition) is 5. The molecule has 0 atom stereocenters. The average molecular weight is 360 g/mol. The predicted molar refractivity (Wildman–Crippen MR) is 92.7 cm³/mol. The molecule has 0 saturated carbocycles. The maximum absolute atomic E-state index is 13.9.